The SMILES string of the molecule is O=C(c1cccs1)N1CCCCC1C(F)(F)F. The molecule has 2 nitrogen and oxygen atoms in total. The molecule has 1 saturated heterocycles. The Kier molecular flexibility index (Phi) is 3.42. The first kappa shape index (κ1) is 12.4. The first-order chi connectivity index (χ1) is 8.00. The number of rotatable bonds is 1. The van der Waals surface area contributed by atoms with Crippen molar-refractivity contribution >= 4 is 17.2 Å². The Morgan fingerprint density at radius 3 is 2.76 bits per heavy atom. The van der Waals surface area contributed by atoms with Gasteiger partial charge in [-0.2, -0.15) is 13.2 Å². The molecule has 94 valence electrons. The van der Waals surface area contributed by atoms with E-state index < -0.39 is 18.1 Å². The summed E-state index contributed by atoms with van der Waals surface area (Å²) < 4.78 is 38.4. The third-order valence-corrected chi connectivity index (χ3v) is 3.73. The van der Waals surface area contributed by atoms with Crippen molar-refractivity contribution in [2.24, 2.45) is 0 Å². The molecule has 0 saturated carbocycles. The van der Waals surface area contributed by atoms with Gasteiger partial charge in [-0.15, -0.1) is 11.3 Å². The molecule has 1 aromatic rings. The van der Waals surface area contributed by atoms with Gasteiger partial charge in [0, 0.05) is 6.54 Å². The summed E-state index contributed by atoms with van der Waals surface area (Å²) in [6, 6.07) is 1.62. The summed E-state index contributed by atoms with van der Waals surface area (Å²) in [5, 5.41) is 1.69. The Bertz CT molecular complexity index is 388. The van der Waals surface area contributed by atoms with Gasteiger partial charge in [0.1, 0.15) is 6.04 Å². The zero-order valence-corrected chi connectivity index (χ0v) is 9.85. The molecule has 0 radical (unpaired) electrons. The first-order valence-corrected chi connectivity index (χ1v) is 6.29. The number of hydrogen-bond acceptors (Lipinski definition) is 2. The topological polar surface area (TPSA) is 20.3 Å². The number of carbonyl (C=O) groups is 1. The van der Waals surface area contributed by atoms with E-state index in [1.807, 2.05) is 0 Å². The van der Waals surface area contributed by atoms with Gasteiger partial charge in [0.15, 0.2) is 0 Å². The predicted octanol–water partition coefficient (Wildman–Crippen LogP) is 3.31. The molecule has 1 aliphatic rings. The maximum absolute atomic E-state index is 12.8. The summed E-state index contributed by atoms with van der Waals surface area (Å²) in [5.74, 6) is -0.498. The number of carbonyl (C=O) groups excluding carboxylic acids is 1. The van der Waals surface area contributed by atoms with Crippen molar-refractivity contribution < 1.29 is 18.0 Å². The summed E-state index contributed by atoms with van der Waals surface area (Å²) in [6.45, 7) is 0.195. The lowest BCUT2D eigenvalue weighted by Crippen LogP contribution is -2.51. The van der Waals surface area contributed by atoms with Gasteiger partial charge >= 0.3 is 6.18 Å². The number of alkyl halides is 3. The fourth-order valence-corrected chi connectivity index (χ4v) is 2.74. The molecule has 2 rings (SSSR count). The quantitative estimate of drug-likeness (QED) is 0.761. The highest BCUT2D eigenvalue weighted by Crippen LogP contribution is 2.33. The highest BCUT2D eigenvalue weighted by atomic mass is 32.1. The van der Waals surface area contributed by atoms with Crippen molar-refractivity contribution in [3.63, 3.8) is 0 Å². The van der Waals surface area contributed by atoms with Crippen LogP contribution >= 0.6 is 11.3 Å². The summed E-state index contributed by atoms with van der Waals surface area (Å²) in [7, 11) is 0. The number of likely N-dealkylation sites (tertiary alicyclic amines) is 1. The van der Waals surface area contributed by atoms with Crippen LogP contribution in [-0.4, -0.2) is 29.6 Å². The van der Waals surface area contributed by atoms with Crippen molar-refractivity contribution in [1.82, 2.24) is 4.90 Å². The number of hydrogen-bond donors (Lipinski definition) is 0. The summed E-state index contributed by atoms with van der Waals surface area (Å²) in [5.41, 5.74) is 0. The second-order valence-electron chi connectivity index (χ2n) is 4.03. The van der Waals surface area contributed by atoms with Gasteiger partial charge in [-0.3, -0.25) is 4.79 Å². The lowest BCUT2D eigenvalue weighted by atomic mass is 10.0. The molecule has 1 aromatic heterocycles. The lowest BCUT2D eigenvalue weighted by molar-refractivity contribution is -0.183. The van der Waals surface area contributed by atoms with E-state index in [9.17, 15) is 18.0 Å². The monoisotopic (exact) mass is 263 g/mol. The van der Waals surface area contributed by atoms with E-state index in [1.54, 1.807) is 17.5 Å². The molecule has 1 unspecified atom stereocenters. The molecule has 2 heterocycles. The number of halogens is 3. The Hall–Kier alpha value is -1.04. The normalized spacial score (nSPS) is 21.6. The first-order valence-electron chi connectivity index (χ1n) is 5.41. The largest absolute Gasteiger partial charge is 0.408 e. The van der Waals surface area contributed by atoms with E-state index in [2.05, 4.69) is 0 Å². The van der Waals surface area contributed by atoms with Gasteiger partial charge in [0.25, 0.3) is 5.91 Å². The summed E-state index contributed by atoms with van der Waals surface area (Å²) >= 11 is 1.18. The molecule has 0 spiro atoms. The van der Waals surface area contributed by atoms with E-state index in [1.165, 1.54) is 11.3 Å². The molecule has 1 amide bonds. The second kappa shape index (κ2) is 4.68. The molecular formula is C11H12F3NOS. The van der Waals surface area contributed by atoms with Crippen molar-refractivity contribution in [3.8, 4) is 0 Å². The van der Waals surface area contributed by atoms with Crippen LogP contribution in [0.2, 0.25) is 0 Å². The van der Waals surface area contributed by atoms with Crippen molar-refractivity contribution in [3.05, 3.63) is 22.4 Å². The highest BCUT2D eigenvalue weighted by molar-refractivity contribution is 7.12. The summed E-state index contributed by atoms with van der Waals surface area (Å²) in [4.78, 5) is 13.3. The van der Waals surface area contributed by atoms with Crippen LogP contribution in [0.4, 0.5) is 13.2 Å². The predicted molar refractivity (Wildman–Crippen MR) is 59.0 cm³/mol. The van der Waals surface area contributed by atoms with E-state index in [0.717, 1.165) is 4.90 Å². The minimum absolute atomic E-state index is 0.0145. The van der Waals surface area contributed by atoms with Gasteiger partial charge in [0.2, 0.25) is 0 Å². The summed E-state index contributed by atoms with van der Waals surface area (Å²) in [6.07, 6.45) is -3.14. The maximum atomic E-state index is 12.8. The number of piperidine rings is 1. The average Bonchev–Trinajstić information content (AvgIpc) is 2.80. The highest BCUT2D eigenvalue weighted by Gasteiger charge is 2.46. The molecule has 1 fully saturated rings. The zero-order valence-electron chi connectivity index (χ0n) is 9.04. The fourth-order valence-electron chi connectivity index (χ4n) is 2.06. The van der Waals surface area contributed by atoms with E-state index >= 15 is 0 Å². The van der Waals surface area contributed by atoms with E-state index in [4.69, 9.17) is 0 Å². The fraction of sp³-hybridized carbons (Fsp3) is 0.545. The number of thiophene rings is 1. The standard InChI is InChI=1S/C11H12F3NOS/c12-11(13,14)9-5-1-2-6-15(9)10(16)8-4-3-7-17-8/h3-4,7,9H,1-2,5-6H2. The average molecular weight is 263 g/mol. The van der Waals surface area contributed by atoms with Gasteiger partial charge in [-0.1, -0.05) is 6.07 Å². The van der Waals surface area contributed by atoms with Crippen LogP contribution < -0.4 is 0 Å². The van der Waals surface area contributed by atoms with Crippen LogP contribution in [0.3, 0.4) is 0 Å². The van der Waals surface area contributed by atoms with Gasteiger partial charge < -0.3 is 4.90 Å². The van der Waals surface area contributed by atoms with Crippen molar-refractivity contribution in [1.29, 1.82) is 0 Å². The van der Waals surface area contributed by atoms with Crippen LogP contribution in [0.25, 0.3) is 0 Å². The van der Waals surface area contributed by atoms with Crippen LogP contribution in [0.15, 0.2) is 17.5 Å². The molecule has 1 atom stereocenters. The van der Waals surface area contributed by atoms with Crippen molar-refractivity contribution in [2.45, 2.75) is 31.5 Å². The van der Waals surface area contributed by atoms with Crippen LogP contribution in [-0.2, 0) is 0 Å². The molecule has 0 aliphatic carbocycles. The smallest absolute Gasteiger partial charge is 0.326 e. The number of nitrogens with zero attached hydrogens (tertiary/aromatic N) is 1. The van der Waals surface area contributed by atoms with Gasteiger partial charge in [-0.05, 0) is 30.7 Å². The molecule has 0 bridgehead atoms. The molecule has 0 N–H and O–H groups in total. The molecule has 6 heteroatoms. The minimum atomic E-state index is -4.33. The van der Waals surface area contributed by atoms with Crippen LogP contribution in [0.5, 0.6) is 0 Å². The molecule has 17 heavy (non-hydrogen) atoms. The van der Waals surface area contributed by atoms with Crippen LogP contribution in [0.1, 0.15) is 28.9 Å². The third kappa shape index (κ3) is 2.62. The van der Waals surface area contributed by atoms with E-state index in [0.29, 0.717) is 17.7 Å². The second-order valence-corrected chi connectivity index (χ2v) is 4.98. The lowest BCUT2D eigenvalue weighted by Gasteiger charge is -2.36. The number of amides is 1. The Labute approximate surface area is 101 Å². The van der Waals surface area contributed by atoms with Crippen molar-refractivity contribution in [2.75, 3.05) is 6.54 Å². The van der Waals surface area contributed by atoms with Gasteiger partial charge in [-0.25, -0.2) is 0 Å². The Morgan fingerprint density at radius 1 is 1.41 bits per heavy atom. The Morgan fingerprint density at radius 2 is 2.18 bits per heavy atom. The zero-order chi connectivity index (χ0) is 12.5. The minimum Gasteiger partial charge on any atom is -0.326 e. The van der Waals surface area contributed by atoms with E-state index in [-0.39, 0.29) is 13.0 Å². The Balaban J connectivity index is 2.20. The molecule has 0 aromatic carbocycles. The molecular weight excluding hydrogens is 251 g/mol. The molecule has 1 aliphatic heterocycles. The van der Waals surface area contributed by atoms with Crippen LogP contribution in [0, 0.1) is 0 Å². The third-order valence-electron chi connectivity index (χ3n) is 2.87. The van der Waals surface area contributed by atoms with Gasteiger partial charge in [0.05, 0.1) is 4.88 Å². The maximum Gasteiger partial charge on any atom is 0.408 e.